The zero-order chi connectivity index (χ0) is 24.2. The van der Waals surface area contributed by atoms with Crippen LogP contribution >= 0.6 is 0 Å². The molecule has 3 heterocycles. The number of carbonyl (C=O) groups excluding carboxylic acids is 1. The maximum absolute atomic E-state index is 13.5. The molecule has 8 heteroatoms. The van der Waals surface area contributed by atoms with E-state index in [2.05, 4.69) is 48.5 Å². The van der Waals surface area contributed by atoms with Crippen molar-refractivity contribution >= 4 is 26.8 Å². The van der Waals surface area contributed by atoms with Gasteiger partial charge in [-0.25, -0.2) is 18.1 Å². The van der Waals surface area contributed by atoms with Gasteiger partial charge in [0.1, 0.15) is 0 Å². The number of carbonyl (C=O) groups is 1. The van der Waals surface area contributed by atoms with Crippen LogP contribution in [0.5, 0.6) is 0 Å². The highest BCUT2D eigenvalue weighted by atomic mass is 32.2. The van der Waals surface area contributed by atoms with E-state index in [9.17, 15) is 13.2 Å². The molecule has 1 saturated heterocycles. The van der Waals surface area contributed by atoms with Gasteiger partial charge in [-0.2, -0.15) is 5.10 Å². The van der Waals surface area contributed by atoms with Crippen LogP contribution in [0.15, 0.2) is 30.3 Å². The van der Waals surface area contributed by atoms with Gasteiger partial charge in [0.15, 0.2) is 15.5 Å². The van der Waals surface area contributed by atoms with Crippen LogP contribution in [-0.2, 0) is 9.84 Å². The molecule has 2 fully saturated rings. The molecule has 2 aromatic heterocycles. The third-order valence-corrected chi connectivity index (χ3v) is 8.85. The molecule has 0 radical (unpaired) electrons. The Morgan fingerprint density at radius 3 is 2.35 bits per heavy atom. The molecule has 180 valence electrons. The third-order valence-electron chi connectivity index (χ3n) is 7.10. The Labute approximate surface area is 200 Å². The Kier molecular flexibility index (Phi) is 5.74. The number of pyridine rings is 1. The smallest absolute Gasteiger partial charge is 0.252 e. The summed E-state index contributed by atoms with van der Waals surface area (Å²) in [6.07, 6.45) is 2.64. The molecule has 1 amide bonds. The van der Waals surface area contributed by atoms with Crippen molar-refractivity contribution in [2.45, 2.75) is 70.9 Å². The number of fused-ring (bicyclic) bond motifs is 1. The Morgan fingerprint density at radius 1 is 1.09 bits per heavy atom. The first-order valence-corrected chi connectivity index (χ1v) is 14.0. The van der Waals surface area contributed by atoms with E-state index in [1.54, 1.807) is 4.68 Å². The van der Waals surface area contributed by atoms with Crippen LogP contribution in [0.25, 0.3) is 11.0 Å². The first kappa shape index (κ1) is 23.0. The molecule has 1 saturated carbocycles. The molecule has 1 N–H and O–H groups in total. The SMILES string of the molecule is Cc1nn(C2CCS(=O)(=O)C2)c2nc(C3CC3)cc(C(=O)NC(C)c3ccc(C(C)C)cc3)c12. The average molecular weight is 481 g/mol. The van der Waals surface area contributed by atoms with Gasteiger partial charge in [-0.15, -0.1) is 0 Å². The number of aryl methyl sites for hydroxylation is 1. The summed E-state index contributed by atoms with van der Waals surface area (Å²) < 4.78 is 26.0. The first-order chi connectivity index (χ1) is 16.1. The maximum Gasteiger partial charge on any atom is 0.252 e. The normalized spacial score (nSPS) is 20.7. The van der Waals surface area contributed by atoms with Gasteiger partial charge < -0.3 is 5.32 Å². The van der Waals surface area contributed by atoms with Crippen molar-refractivity contribution in [1.82, 2.24) is 20.1 Å². The minimum atomic E-state index is -3.07. The number of benzene rings is 1. The third kappa shape index (κ3) is 4.35. The number of rotatable bonds is 6. The number of sulfone groups is 1. The van der Waals surface area contributed by atoms with Gasteiger partial charge in [0.2, 0.25) is 0 Å². The van der Waals surface area contributed by atoms with E-state index < -0.39 is 9.84 Å². The second-order valence-electron chi connectivity index (χ2n) is 10.2. The lowest BCUT2D eigenvalue weighted by Crippen LogP contribution is -2.27. The number of aromatic nitrogens is 3. The highest BCUT2D eigenvalue weighted by Crippen LogP contribution is 2.41. The van der Waals surface area contributed by atoms with Crippen molar-refractivity contribution in [3.8, 4) is 0 Å². The Bertz CT molecular complexity index is 1350. The zero-order valence-corrected chi connectivity index (χ0v) is 21.0. The van der Waals surface area contributed by atoms with E-state index in [-0.39, 0.29) is 29.5 Å². The van der Waals surface area contributed by atoms with Gasteiger partial charge in [-0.1, -0.05) is 38.1 Å². The van der Waals surface area contributed by atoms with E-state index in [0.29, 0.717) is 40.5 Å². The molecule has 3 aromatic rings. The number of amides is 1. The fourth-order valence-electron chi connectivity index (χ4n) is 4.85. The van der Waals surface area contributed by atoms with Gasteiger partial charge in [0.05, 0.1) is 40.2 Å². The maximum atomic E-state index is 13.5. The lowest BCUT2D eigenvalue weighted by atomic mass is 9.99. The number of hydrogen-bond acceptors (Lipinski definition) is 5. The van der Waals surface area contributed by atoms with Crippen molar-refractivity contribution < 1.29 is 13.2 Å². The second-order valence-corrected chi connectivity index (χ2v) is 12.4. The second kappa shape index (κ2) is 8.48. The highest BCUT2D eigenvalue weighted by molar-refractivity contribution is 7.91. The fraction of sp³-hybridized carbons (Fsp3) is 0.500. The van der Waals surface area contributed by atoms with Crippen LogP contribution < -0.4 is 5.32 Å². The van der Waals surface area contributed by atoms with Crippen LogP contribution in [0.2, 0.25) is 0 Å². The molecule has 1 aliphatic carbocycles. The molecular weight excluding hydrogens is 448 g/mol. The Morgan fingerprint density at radius 2 is 1.76 bits per heavy atom. The first-order valence-electron chi connectivity index (χ1n) is 12.1. The number of nitrogens with zero attached hydrogens (tertiary/aromatic N) is 3. The molecule has 0 spiro atoms. The van der Waals surface area contributed by atoms with E-state index >= 15 is 0 Å². The monoisotopic (exact) mass is 480 g/mol. The molecule has 1 aromatic carbocycles. The largest absolute Gasteiger partial charge is 0.345 e. The molecule has 2 unspecified atom stereocenters. The van der Waals surface area contributed by atoms with Gasteiger partial charge >= 0.3 is 0 Å². The van der Waals surface area contributed by atoms with Crippen molar-refractivity contribution in [3.05, 3.63) is 58.4 Å². The van der Waals surface area contributed by atoms with Crippen LogP contribution in [0.4, 0.5) is 0 Å². The minimum Gasteiger partial charge on any atom is -0.345 e. The summed E-state index contributed by atoms with van der Waals surface area (Å²) >= 11 is 0. The van der Waals surface area contributed by atoms with Crippen LogP contribution in [0.1, 0.15) is 96.8 Å². The van der Waals surface area contributed by atoms with Crippen molar-refractivity contribution in [2.75, 3.05) is 11.5 Å². The topological polar surface area (TPSA) is 93.9 Å². The number of hydrogen-bond donors (Lipinski definition) is 1. The molecule has 2 atom stereocenters. The lowest BCUT2D eigenvalue weighted by Gasteiger charge is -2.17. The van der Waals surface area contributed by atoms with Gasteiger partial charge in [0, 0.05) is 11.6 Å². The molecule has 5 rings (SSSR count). The summed E-state index contributed by atoms with van der Waals surface area (Å²) in [5, 5.41) is 8.55. The Balaban J connectivity index is 1.50. The van der Waals surface area contributed by atoms with Crippen LogP contribution in [0, 0.1) is 6.92 Å². The van der Waals surface area contributed by atoms with Crippen molar-refractivity contribution in [3.63, 3.8) is 0 Å². The van der Waals surface area contributed by atoms with Gasteiger partial charge in [-0.05, 0) is 56.2 Å². The highest BCUT2D eigenvalue weighted by Gasteiger charge is 2.34. The fourth-order valence-corrected chi connectivity index (χ4v) is 6.54. The van der Waals surface area contributed by atoms with E-state index in [1.807, 2.05) is 19.9 Å². The summed E-state index contributed by atoms with van der Waals surface area (Å²) in [4.78, 5) is 18.4. The summed E-state index contributed by atoms with van der Waals surface area (Å²) in [5.41, 5.74) is 5.12. The quantitative estimate of drug-likeness (QED) is 0.557. The molecular formula is C26H32N4O3S. The van der Waals surface area contributed by atoms with Gasteiger partial charge in [-0.3, -0.25) is 4.79 Å². The summed E-state index contributed by atoms with van der Waals surface area (Å²) in [5.74, 6) is 0.897. The lowest BCUT2D eigenvalue weighted by molar-refractivity contribution is 0.0941. The number of nitrogens with one attached hydrogen (secondary N) is 1. The molecule has 2 aliphatic rings. The van der Waals surface area contributed by atoms with Crippen LogP contribution in [0.3, 0.4) is 0 Å². The predicted molar refractivity (Wildman–Crippen MR) is 133 cm³/mol. The molecule has 1 aliphatic heterocycles. The van der Waals surface area contributed by atoms with E-state index in [0.717, 1.165) is 24.1 Å². The zero-order valence-electron chi connectivity index (χ0n) is 20.2. The van der Waals surface area contributed by atoms with Crippen LogP contribution in [-0.4, -0.2) is 40.6 Å². The van der Waals surface area contributed by atoms with Crippen molar-refractivity contribution in [1.29, 1.82) is 0 Å². The Hall–Kier alpha value is -2.74. The van der Waals surface area contributed by atoms with Crippen molar-refractivity contribution in [2.24, 2.45) is 0 Å². The molecule has 0 bridgehead atoms. The summed E-state index contributed by atoms with van der Waals surface area (Å²) in [6, 6.07) is 9.89. The molecule has 7 nitrogen and oxygen atoms in total. The summed E-state index contributed by atoms with van der Waals surface area (Å²) in [6.45, 7) is 8.18. The molecule has 34 heavy (non-hydrogen) atoms. The average Bonchev–Trinajstić information content (AvgIpc) is 3.51. The van der Waals surface area contributed by atoms with E-state index in [1.165, 1.54) is 5.56 Å². The minimum absolute atomic E-state index is 0.0729. The summed E-state index contributed by atoms with van der Waals surface area (Å²) in [7, 11) is -3.07. The standard InChI is InChI=1S/C26H32N4O3S/c1-15(2)18-5-7-19(8-6-18)16(3)27-26(31)22-13-23(20-9-10-20)28-25-24(22)17(4)29-30(25)21-11-12-34(32,33)14-21/h5-8,13,15-16,20-21H,9-12,14H2,1-4H3,(H,27,31). The predicted octanol–water partition coefficient (Wildman–Crippen LogP) is 4.59. The van der Waals surface area contributed by atoms with E-state index in [4.69, 9.17) is 4.98 Å². The van der Waals surface area contributed by atoms with Gasteiger partial charge in [0.25, 0.3) is 5.91 Å².